The average Bonchev–Trinajstić information content (AvgIpc) is 2.92. The zero-order valence-electron chi connectivity index (χ0n) is 14.0. The fraction of sp³-hybridized carbons (Fsp3) is 0.353. The van der Waals surface area contributed by atoms with Gasteiger partial charge in [0, 0.05) is 23.8 Å². The van der Waals surface area contributed by atoms with E-state index in [-0.39, 0.29) is 5.78 Å². The Bertz CT molecular complexity index is 711. The Labute approximate surface area is 135 Å². The number of amides is 1. The van der Waals surface area contributed by atoms with Gasteiger partial charge in [0.05, 0.1) is 19.6 Å². The molecule has 0 unspecified atom stereocenters. The van der Waals surface area contributed by atoms with Crippen molar-refractivity contribution in [1.29, 1.82) is 0 Å². The molecule has 1 aromatic carbocycles. The molecular formula is C17H21N3O3. The van der Waals surface area contributed by atoms with Crippen molar-refractivity contribution in [2.24, 2.45) is 7.05 Å². The average molecular weight is 315 g/mol. The van der Waals surface area contributed by atoms with Crippen LogP contribution in [0.1, 0.15) is 36.8 Å². The number of carbonyl (C=O) groups is 2. The predicted molar refractivity (Wildman–Crippen MR) is 87.7 cm³/mol. The van der Waals surface area contributed by atoms with Crippen LogP contribution in [0, 0.1) is 0 Å². The maximum atomic E-state index is 12.4. The topological polar surface area (TPSA) is 64.4 Å². The van der Waals surface area contributed by atoms with Gasteiger partial charge < -0.3 is 9.30 Å². The van der Waals surface area contributed by atoms with Gasteiger partial charge in [0.1, 0.15) is 5.69 Å². The van der Waals surface area contributed by atoms with Gasteiger partial charge in [0.25, 0.3) is 0 Å². The summed E-state index contributed by atoms with van der Waals surface area (Å²) in [5.74, 6) is -0.114. The lowest BCUT2D eigenvalue weighted by Crippen LogP contribution is -2.45. The number of ketones is 1. The van der Waals surface area contributed by atoms with Crippen molar-refractivity contribution in [3.63, 3.8) is 0 Å². The summed E-state index contributed by atoms with van der Waals surface area (Å²) in [6.45, 7) is 5.75. The quantitative estimate of drug-likeness (QED) is 0.817. The number of hydrogen-bond donors (Lipinski definition) is 0. The highest BCUT2D eigenvalue weighted by atomic mass is 16.5. The highest BCUT2D eigenvalue weighted by molar-refractivity contribution is 6.08. The van der Waals surface area contributed by atoms with Crippen molar-refractivity contribution in [2.45, 2.75) is 26.3 Å². The molecule has 0 aliphatic rings. The van der Waals surface area contributed by atoms with Crippen LogP contribution in [0.4, 0.5) is 10.5 Å². The monoisotopic (exact) mass is 315 g/mol. The first-order chi connectivity index (χ1) is 10.8. The van der Waals surface area contributed by atoms with E-state index in [9.17, 15) is 9.59 Å². The van der Waals surface area contributed by atoms with Crippen molar-refractivity contribution in [3.8, 4) is 0 Å². The van der Waals surface area contributed by atoms with Gasteiger partial charge in [-0.3, -0.25) is 9.69 Å². The molecule has 122 valence electrons. The van der Waals surface area contributed by atoms with Crippen LogP contribution in [0.5, 0.6) is 0 Å². The molecule has 1 aromatic heterocycles. The normalized spacial score (nSPS) is 11.2. The summed E-state index contributed by atoms with van der Waals surface area (Å²) in [7, 11) is 3.12. The van der Waals surface area contributed by atoms with E-state index >= 15 is 0 Å². The van der Waals surface area contributed by atoms with Crippen LogP contribution in [-0.2, 0) is 11.8 Å². The Morgan fingerprint density at radius 2 is 1.78 bits per heavy atom. The highest BCUT2D eigenvalue weighted by Gasteiger charge is 2.29. The Balaban J connectivity index is 2.33. The van der Waals surface area contributed by atoms with Gasteiger partial charge in [-0.1, -0.05) is 0 Å². The van der Waals surface area contributed by atoms with Gasteiger partial charge in [0.2, 0.25) is 5.78 Å². The van der Waals surface area contributed by atoms with Gasteiger partial charge in [-0.15, -0.1) is 0 Å². The van der Waals surface area contributed by atoms with Crippen LogP contribution >= 0.6 is 0 Å². The summed E-state index contributed by atoms with van der Waals surface area (Å²) in [6.07, 6.45) is 2.68. The molecule has 2 aromatic rings. The van der Waals surface area contributed by atoms with Gasteiger partial charge in [0.15, 0.2) is 0 Å². The molecule has 0 aliphatic carbocycles. The fourth-order valence-electron chi connectivity index (χ4n) is 2.34. The van der Waals surface area contributed by atoms with E-state index in [0.717, 1.165) is 0 Å². The van der Waals surface area contributed by atoms with Gasteiger partial charge in [-0.2, -0.15) is 0 Å². The third-order valence-electron chi connectivity index (χ3n) is 3.47. The molecule has 0 aliphatic heterocycles. The Kier molecular flexibility index (Phi) is 4.54. The van der Waals surface area contributed by atoms with Crippen molar-refractivity contribution < 1.29 is 14.3 Å². The molecule has 1 heterocycles. The zero-order chi connectivity index (χ0) is 17.2. The first kappa shape index (κ1) is 16.7. The summed E-state index contributed by atoms with van der Waals surface area (Å²) < 4.78 is 6.53. The molecule has 1 amide bonds. The number of ether oxygens (including phenoxy) is 1. The molecule has 2 rings (SSSR count). The van der Waals surface area contributed by atoms with E-state index in [1.165, 1.54) is 13.3 Å². The minimum atomic E-state index is -0.444. The van der Waals surface area contributed by atoms with E-state index in [1.807, 2.05) is 20.8 Å². The Morgan fingerprint density at radius 3 is 2.22 bits per heavy atom. The minimum Gasteiger partial charge on any atom is -0.452 e. The molecule has 0 N–H and O–H groups in total. The Hall–Kier alpha value is -2.63. The maximum Gasteiger partial charge on any atom is 0.414 e. The van der Waals surface area contributed by atoms with E-state index in [1.54, 1.807) is 47.1 Å². The summed E-state index contributed by atoms with van der Waals surface area (Å²) in [4.78, 5) is 30.0. The SMILES string of the molecule is COC(=O)N(c1ccc(C(=O)c2cncn2C)cc1)C(C)(C)C. The molecule has 0 radical (unpaired) electrons. The number of aromatic nitrogens is 2. The van der Waals surface area contributed by atoms with Crippen LogP contribution in [-0.4, -0.2) is 34.1 Å². The number of hydrogen-bond acceptors (Lipinski definition) is 4. The van der Waals surface area contributed by atoms with E-state index < -0.39 is 11.6 Å². The number of carbonyl (C=O) groups excluding carboxylic acids is 2. The number of benzene rings is 1. The number of rotatable bonds is 3. The third-order valence-corrected chi connectivity index (χ3v) is 3.47. The molecule has 23 heavy (non-hydrogen) atoms. The molecule has 0 fully saturated rings. The maximum absolute atomic E-state index is 12.4. The smallest absolute Gasteiger partial charge is 0.414 e. The van der Waals surface area contributed by atoms with E-state index in [4.69, 9.17) is 4.74 Å². The van der Waals surface area contributed by atoms with Crippen LogP contribution in [0.25, 0.3) is 0 Å². The van der Waals surface area contributed by atoms with Gasteiger partial charge >= 0.3 is 6.09 Å². The summed E-state index contributed by atoms with van der Waals surface area (Å²) in [6, 6.07) is 6.89. The second-order valence-corrected chi connectivity index (χ2v) is 6.24. The predicted octanol–water partition coefficient (Wildman–Crippen LogP) is 3.02. The van der Waals surface area contributed by atoms with Crippen molar-refractivity contribution >= 4 is 17.6 Å². The standard InChI is InChI=1S/C17H21N3O3/c1-17(2,3)20(16(22)23-5)13-8-6-12(7-9-13)15(21)14-10-18-11-19(14)4/h6-11H,1-5H3. The number of nitrogens with zero attached hydrogens (tertiary/aromatic N) is 3. The lowest BCUT2D eigenvalue weighted by molar-refractivity contribution is 0.103. The van der Waals surface area contributed by atoms with Crippen LogP contribution in [0.15, 0.2) is 36.8 Å². The van der Waals surface area contributed by atoms with Gasteiger partial charge in [-0.25, -0.2) is 9.78 Å². The van der Waals surface area contributed by atoms with Crippen molar-refractivity contribution in [1.82, 2.24) is 9.55 Å². The van der Waals surface area contributed by atoms with Crippen LogP contribution in [0.2, 0.25) is 0 Å². The highest BCUT2D eigenvalue weighted by Crippen LogP contribution is 2.25. The first-order valence-corrected chi connectivity index (χ1v) is 7.25. The minimum absolute atomic E-state index is 0.114. The Morgan fingerprint density at radius 1 is 1.17 bits per heavy atom. The molecule has 0 saturated carbocycles. The molecule has 0 bridgehead atoms. The largest absolute Gasteiger partial charge is 0.452 e. The van der Waals surface area contributed by atoms with E-state index in [0.29, 0.717) is 16.9 Å². The number of anilines is 1. The van der Waals surface area contributed by atoms with E-state index in [2.05, 4.69) is 4.98 Å². The molecule has 0 saturated heterocycles. The number of aryl methyl sites for hydroxylation is 1. The third kappa shape index (κ3) is 3.41. The summed E-state index contributed by atoms with van der Waals surface area (Å²) in [5, 5.41) is 0. The molecule has 6 heteroatoms. The number of imidazole rings is 1. The zero-order valence-corrected chi connectivity index (χ0v) is 14.0. The summed E-state index contributed by atoms with van der Waals surface area (Å²) in [5.41, 5.74) is 1.28. The molecular weight excluding hydrogens is 294 g/mol. The molecule has 0 spiro atoms. The van der Waals surface area contributed by atoms with Gasteiger partial charge in [-0.05, 0) is 45.0 Å². The number of methoxy groups -OCH3 is 1. The first-order valence-electron chi connectivity index (χ1n) is 7.25. The van der Waals surface area contributed by atoms with Crippen LogP contribution in [0.3, 0.4) is 0 Å². The fourth-order valence-corrected chi connectivity index (χ4v) is 2.34. The lowest BCUT2D eigenvalue weighted by Gasteiger charge is -2.34. The van der Waals surface area contributed by atoms with Crippen molar-refractivity contribution in [2.75, 3.05) is 12.0 Å². The second kappa shape index (κ2) is 6.24. The van der Waals surface area contributed by atoms with Crippen molar-refractivity contribution in [3.05, 3.63) is 48.0 Å². The van der Waals surface area contributed by atoms with Crippen LogP contribution < -0.4 is 4.90 Å². The molecule has 0 atom stereocenters. The second-order valence-electron chi connectivity index (χ2n) is 6.24. The summed E-state index contributed by atoms with van der Waals surface area (Å²) >= 11 is 0. The molecule has 6 nitrogen and oxygen atoms in total. The lowest BCUT2D eigenvalue weighted by atomic mass is 10.0.